The van der Waals surface area contributed by atoms with Crippen molar-refractivity contribution in [3.05, 3.63) is 29.3 Å². The maximum absolute atomic E-state index is 12.8. The van der Waals surface area contributed by atoms with E-state index in [0.717, 1.165) is 11.3 Å². The van der Waals surface area contributed by atoms with Crippen LogP contribution in [0.3, 0.4) is 0 Å². The molecule has 0 radical (unpaired) electrons. The predicted molar refractivity (Wildman–Crippen MR) is 112 cm³/mol. The van der Waals surface area contributed by atoms with Crippen LogP contribution in [-0.2, 0) is 20.8 Å². The molecule has 0 aliphatic carbocycles. The van der Waals surface area contributed by atoms with Crippen molar-refractivity contribution in [2.75, 3.05) is 37.6 Å². The van der Waals surface area contributed by atoms with E-state index in [-0.39, 0.29) is 18.0 Å². The van der Waals surface area contributed by atoms with Gasteiger partial charge in [-0.1, -0.05) is 13.0 Å². The molecule has 1 saturated heterocycles. The number of benzene rings is 1. The first-order chi connectivity index (χ1) is 14.2. The van der Waals surface area contributed by atoms with E-state index in [2.05, 4.69) is 4.90 Å². The second kappa shape index (κ2) is 8.93. The van der Waals surface area contributed by atoms with Crippen molar-refractivity contribution in [3.63, 3.8) is 0 Å². The predicted octanol–water partition coefficient (Wildman–Crippen LogP) is 3.00. The van der Waals surface area contributed by atoms with E-state index in [1.54, 1.807) is 4.90 Å². The van der Waals surface area contributed by atoms with Crippen LogP contribution in [0.5, 0.6) is 0 Å². The molecule has 0 spiro atoms. The van der Waals surface area contributed by atoms with Gasteiger partial charge in [-0.15, -0.1) is 0 Å². The van der Waals surface area contributed by atoms with Crippen LogP contribution in [0.15, 0.2) is 18.2 Å². The van der Waals surface area contributed by atoms with Crippen LogP contribution >= 0.6 is 0 Å². The number of carbonyl (C=O) groups is 3. The molecule has 1 fully saturated rings. The Kier molecular flexibility index (Phi) is 6.53. The second-order valence-electron chi connectivity index (χ2n) is 8.67. The van der Waals surface area contributed by atoms with Gasteiger partial charge in [0.1, 0.15) is 5.60 Å². The molecule has 2 aliphatic rings. The number of piperazine rings is 1. The number of nitrogens with zero attached hydrogens (tertiary/aromatic N) is 3. The van der Waals surface area contributed by atoms with Crippen LogP contribution in [-0.4, -0.2) is 66.3 Å². The van der Waals surface area contributed by atoms with Gasteiger partial charge in [0.05, 0.1) is 6.54 Å². The summed E-state index contributed by atoms with van der Waals surface area (Å²) in [6.07, 6.45) is 1.31. The lowest BCUT2D eigenvalue weighted by atomic mass is 9.99. The van der Waals surface area contributed by atoms with Gasteiger partial charge in [-0.2, -0.15) is 5.06 Å². The van der Waals surface area contributed by atoms with Crippen molar-refractivity contribution >= 4 is 23.7 Å². The van der Waals surface area contributed by atoms with Crippen molar-refractivity contribution in [1.29, 1.82) is 0 Å². The molecule has 2 aliphatic heterocycles. The van der Waals surface area contributed by atoms with E-state index in [0.29, 0.717) is 57.5 Å². The van der Waals surface area contributed by atoms with Crippen LogP contribution in [0.2, 0.25) is 0 Å². The van der Waals surface area contributed by atoms with E-state index in [4.69, 9.17) is 9.57 Å². The molecule has 0 bridgehead atoms. The highest BCUT2D eigenvalue weighted by Gasteiger charge is 2.30. The normalized spacial score (nSPS) is 16.9. The standard InChI is InChI=1S/C22H31N3O5/c1-5-6-19(26)30-25-10-9-16-7-8-17(15-18(16)20(25)27)23-11-13-24(14-12-23)21(28)29-22(2,3)4/h7-8,15H,5-6,9-14H2,1-4H3. The summed E-state index contributed by atoms with van der Waals surface area (Å²) in [5.41, 5.74) is 1.93. The fourth-order valence-electron chi connectivity index (χ4n) is 3.57. The van der Waals surface area contributed by atoms with Crippen LogP contribution < -0.4 is 4.90 Å². The van der Waals surface area contributed by atoms with E-state index >= 15 is 0 Å². The summed E-state index contributed by atoms with van der Waals surface area (Å²) in [6, 6.07) is 5.84. The smallest absolute Gasteiger partial charge is 0.410 e. The monoisotopic (exact) mass is 417 g/mol. The molecule has 8 nitrogen and oxygen atoms in total. The molecule has 164 valence electrons. The van der Waals surface area contributed by atoms with Gasteiger partial charge in [0, 0.05) is 43.9 Å². The number of anilines is 1. The summed E-state index contributed by atoms with van der Waals surface area (Å²) in [5.74, 6) is -0.668. The van der Waals surface area contributed by atoms with Crippen LogP contribution in [0.1, 0.15) is 56.5 Å². The lowest BCUT2D eigenvalue weighted by Gasteiger charge is -2.37. The van der Waals surface area contributed by atoms with Crippen molar-refractivity contribution in [3.8, 4) is 0 Å². The lowest BCUT2D eigenvalue weighted by Crippen LogP contribution is -2.50. The number of hydroxylamine groups is 2. The maximum Gasteiger partial charge on any atom is 0.410 e. The molecular formula is C22H31N3O5. The Morgan fingerprint density at radius 2 is 1.77 bits per heavy atom. The molecule has 1 aromatic rings. The summed E-state index contributed by atoms with van der Waals surface area (Å²) in [6.45, 7) is 10.2. The molecular weight excluding hydrogens is 386 g/mol. The molecule has 0 atom stereocenters. The molecule has 30 heavy (non-hydrogen) atoms. The van der Waals surface area contributed by atoms with Gasteiger partial charge in [-0.05, 0) is 51.3 Å². The first kappa shape index (κ1) is 21.9. The third-order valence-corrected chi connectivity index (χ3v) is 5.10. The summed E-state index contributed by atoms with van der Waals surface area (Å²) >= 11 is 0. The minimum Gasteiger partial charge on any atom is -0.444 e. The Morgan fingerprint density at radius 1 is 1.07 bits per heavy atom. The zero-order valence-electron chi connectivity index (χ0n) is 18.3. The van der Waals surface area contributed by atoms with Gasteiger partial charge in [0.2, 0.25) is 0 Å². The zero-order chi connectivity index (χ0) is 21.9. The van der Waals surface area contributed by atoms with Gasteiger partial charge in [-0.3, -0.25) is 4.79 Å². The Bertz CT molecular complexity index is 809. The third kappa shape index (κ3) is 5.23. The number of rotatable bonds is 4. The van der Waals surface area contributed by atoms with Gasteiger partial charge in [0.25, 0.3) is 5.91 Å². The van der Waals surface area contributed by atoms with Gasteiger partial charge >= 0.3 is 12.1 Å². The molecule has 1 aromatic carbocycles. The fourth-order valence-corrected chi connectivity index (χ4v) is 3.57. The number of carbonyl (C=O) groups excluding carboxylic acids is 3. The molecule has 8 heteroatoms. The van der Waals surface area contributed by atoms with Gasteiger partial charge in [0.15, 0.2) is 0 Å². The van der Waals surface area contributed by atoms with Crippen LogP contribution in [0.25, 0.3) is 0 Å². The highest BCUT2D eigenvalue weighted by Crippen LogP contribution is 2.26. The SMILES string of the molecule is CCCC(=O)ON1CCc2ccc(N3CCN(C(=O)OC(C)(C)C)CC3)cc2C1=O. The van der Waals surface area contributed by atoms with E-state index in [9.17, 15) is 14.4 Å². The quantitative estimate of drug-likeness (QED) is 0.749. The summed E-state index contributed by atoms with van der Waals surface area (Å²) < 4.78 is 5.44. The number of hydrogen-bond acceptors (Lipinski definition) is 6. The number of amides is 2. The Hall–Kier alpha value is -2.77. The molecule has 2 amide bonds. The number of fused-ring (bicyclic) bond motifs is 1. The van der Waals surface area contributed by atoms with Gasteiger partial charge in [-0.25, -0.2) is 9.59 Å². The Morgan fingerprint density at radius 3 is 2.40 bits per heavy atom. The van der Waals surface area contributed by atoms with Crippen molar-refractivity contribution < 1.29 is 24.0 Å². The first-order valence-electron chi connectivity index (χ1n) is 10.6. The molecule has 2 heterocycles. The molecule has 3 rings (SSSR count). The highest BCUT2D eigenvalue weighted by atomic mass is 16.7. The van der Waals surface area contributed by atoms with Gasteiger partial charge < -0.3 is 19.4 Å². The van der Waals surface area contributed by atoms with Crippen LogP contribution in [0.4, 0.5) is 10.5 Å². The first-order valence-corrected chi connectivity index (χ1v) is 10.6. The molecule has 0 unspecified atom stereocenters. The Labute approximate surface area is 177 Å². The molecule has 0 aromatic heterocycles. The number of hydrogen-bond donors (Lipinski definition) is 0. The second-order valence-corrected chi connectivity index (χ2v) is 8.67. The van der Waals surface area contributed by atoms with Crippen molar-refractivity contribution in [2.45, 2.75) is 52.6 Å². The fraction of sp³-hybridized carbons (Fsp3) is 0.591. The zero-order valence-corrected chi connectivity index (χ0v) is 18.3. The Balaban J connectivity index is 1.64. The maximum atomic E-state index is 12.8. The summed E-state index contributed by atoms with van der Waals surface area (Å²) in [5, 5.41) is 1.17. The largest absolute Gasteiger partial charge is 0.444 e. The third-order valence-electron chi connectivity index (χ3n) is 5.10. The topological polar surface area (TPSA) is 79.4 Å². The molecule has 0 N–H and O–H groups in total. The average Bonchev–Trinajstić information content (AvgIpc) is 2.69. The average molecular weight is 418 g/mol. The van der Waals surface area contributed by atoms with E-state index in [1.165, 1.54) is 5.06 Å². The van der Waals surface area contributed by atoms with Crippen molar-refractivity contribution in [2.24, 2.45) is 0 Å². The summed E-state index contributed by atoms with van der Waals surface area (Å²) in [7, 11) is 0. The highest BCUT2D eigenvalue weighted by molar-refractivity contribution is 5.97. The van der Waals surface area contributed by atoms with Crippen molar-refractivity contribution in [1.82, 2.24) is 9.96 Å². The minimum absolute atomic E-state index is 0.282. The minimum atomic E-state index is -0.514. The van der Waals surface area contributed by atoms with Crippen LogP contribution in [0, 0.1) is 0 Å². The number of ether oxygens (including phenoxy) is 1. The molecule has 0 saturated carbocycles. The van der Waals surface area contributed by atoms with E-state index in [1.807, 2.05) is 45.9 Å². The lowest BCUT2D eigenvalue weighted by molar-refractivity contribution is -0.178. The summed E-state index contributed by atoms with van der Waals surface area (Å²) in [4.78, 5) is 46.0. The van der Waals surface area contributed by atoms with E-state index < -0.39 is 5.60 Å².